The van der Waals surface area contributed by atoms with E-state index in [0.29, 0.717) is 0 Å². The van der Waals surface area contributed by atoms with Crippen LogP contribution in [0, 0.1) is 0 Å². The van der Waals surface area contributed by atoms with Crippen molar-refractivity contribution in [3.8, 4) is 11.1 Å². The van der Waals surface area contributed by atoms with Crippen LogP contribution in [0.4, 0.5) is 34.1 Å². The van der Waals surface area contributed by atoms with Crippen LogP contribution >= 0.6 is 31.9 Å². The minimum absolute atomic E-state index is 1.04. The molecule has 0 aliphatic heterocycles. The Morgan fingerprint density at radius 2 is 0.775 bits per heavy atom. The van der Waals surface area contributed by atoms with E-state index in [1.54, 1.807) is 0 Å². The van der Waals surface area contributed by atoms with Crippen molar-refractivity contribution in [3.63, 3.8) is 0 Å². The molecule has 0 spiro atoms. The summed E-state index contributed by atoms with van der Waals surface area (Å²) in [6.07, 6.45) is 0. The molecule has 4 heteroatoms. The van der Waals surface area contributed by atoms with Gasteiger partial charge in [-0.2, -0.15) is 0 Å². The van der Waals surface area contributed by atoms with Gasteiger partial charge in [0.15, 0.2) is 0 Å². The lowest BCUT2D eigenvalue weighted by Gasteiger charge is -2.35. The van der Waals surface area contributed by atoms with Gasteiger partial charge in [-0.3, -0.25) is 0 Å². The molecule has 0 aliphatic rings. The van der Waals surface area contributed by atoms with Crippen molar-refractivity contribution in [1.29, 1.82) is 0 Å². The molecule has 0 atom stereocenters. The first-order chi connectivity index (χ1) is 19.7. The van der Waals surface area contributed by atoms with Gasteiger partial charge in [-0.1, -0.05) is 111 Å². The van der Waals surface area contributed by atoms with Gasteiger partial charge in [0.2, 0.25) is 0 Å². The maximum atomic E-state index is 3.63. The zero-order valence-electron chi connectivity index (χ0n) is 21.7. The van der Waals surface area contributed by atoms with Crippen molar-refractivity contribution in [1.82, 2.24) is 0 Å². The number of rotatable bonds is 7. The van der Waals surface area contributed by atoms with Crippen LogP contribution in [0.15, 0.2) is 167 Å². The quantitative estimate of drug-likeness (QED) is 0.170. The first kappa shape index (κ1) is 26.1. The zero-order valence-corrected chi connectivity index (χ0v) is 24.8. The monoisotopic (exact) mass is 644 g/mol. The van der Waals surface area contributed by atoms with Crippen LogP contribution in [-0.2, 0) is 0 Å². The summed E-state index contributed by atoms with van der Waals surface area (Å²) >= 11 is 7.26. The lowest BCUT2D eigenvalue weighted by atomic mass is 9.99. The van der Waals surface area contributed by atoms with Gasteiger partial charge < -0.3 is 9.80 Å². The second kappa shape index (κ2) is 12.0. The molecule has 0 aromatic heterocycles. The highest BCUT2D eigenvalue weighted by Crippen LogP contribution is 2.50. The van der Waals surface area contributed by atoms with Crippen molar-refractivity contribution < 1.29 is 0 Å². The largest absolute Gasteiger partial charge is 0.308 e. The van der Waals surface area contributed by atoms with Crippen molar-refractivity contribution in [3.05, 3.63) is 167 Å². The van der Waals surface area contributed by atoms with E-state index >= 15 is 0 Å². The molecular formula is C36H26Br2N2. The van der Waals surface area contributed by atoms with Gasteiger partial charge >= 0.3 is 0 Å². The Bertz CT molecular complexity index is 1690. The Morgan fingerprint density at radius 1 is 0.350 bits per heavy atom. The summed E-state index contributed by atoms with van der Waals surface area (Å²) in [7, 11) is 0. The summed E-state index contributed by atoms with van der Waals surface area (Å²) in [6.45, 7) is 0. The van der Waals surface area contributed by atoms with Crippen LogP contribution in [0.2, 0.25) is 0 Å². The molecule has 6 rings (SSSR count). The molecule has 0 saturated heterocycles. The number of hydrogen-bond donors (Lipinski definition) is 0. The molecule has 6 aromatic rings. The van der Waals surface area contributed by atoms with E-state index in [2.05, 4.69) is 199 Å². The predicted octanol–water partition coefficient (Wildman–Crippen LogP) is 11.8. The highest BCUT2D eigenvalue weighted by atomic mass is 79.9. The molecule has 194 valence electrons. The molecule has 2 nitrogen and oxygen atoms in total. The first-order valence-electron chi connectivity index (χ1n) is 13.1. The summed E-state index contributed by atoms with van der Waals surface area (Å²) in [5.41, 5.74) is 8.77. The number of para-hydroxylation sites is 3. The van der Waals surface area contributed by atoms with Crippen LogP contribution in [0.5, 0.6) is 0 Å². The van der Waals surface area contributed by atoms with Crippen molar-refractivity contribution >= 4 is 66.0 Å². The molecule has 0 saturated carbocycles. The van der Waals surface area contributed by atoms with E-state index in [1.165, 1.54) is 0 Å². The number of benzene rings is 6. The molecule has 0 amide bonds. The maximum Gasteiger partial charge on any atom is 0.0781 e. The van der Waals surface area contributed by atoms with Gasteiger partial charge in [-0.25, -0.2) is 0 Å². The van der Waals surface area contributed by atoms with Crippen LogP contribution in [0.1, 0.15) is 0 Å². The molecule has 40 heavy (non-hydrogen) atoms. The van der Waals surface area contributed by atoms with Gasteiger partial charge in [0.05, 0.1) is 11.4 Å². The fraction of sp³-hybridized carbons (Fsp3) is 0. The van der Waals surface area contributed by atoms with Gasteiger partial charge in [-0.15, -0.1) is 0 Å². The second-order valence-electron chi connectivity index (χ2n) is 9.33. The molecule has 6 aromatic carbocycles. The molecular weight excluding hydrogens is 620 g/mol. The van der Waals surface area contributed by atoms with E-state index in [0.717, 1.165) is 54.2 Å². The topological polar surface area (TPSA) is 6.48 Å². The summed E-state index contributed by atoms with van der Waals surface area (Å²) in [5.74, 6) is 0. The standard InChI is InChI=1S/C36H26Br2N2/c37-28-19-23-32(24-20-28)39(30-13-6-2-7-14-30)35-18-10-17-34(27-11-4-1-5-12-27)36(35)40(31-15-8-3-9-16-31)33-25-21-29(38)22-26-33/h1-26H. The number of halogens is 2. The zero-order chi connectivity index (χ0) is 27.3. The Hall–Kier alpha value is -4.12. The summed E-state index contributed by atoms with van der Waals surface area (Å²) in [4.78, 5) is 4.70. The minimum Gasteiger partial charge on any atom is -0.308 e. The molecule has 0 N–H and O–H groups in total. The third-order valence-electron chi connectivity index (χ3n) is 6.76. The fourth-order valence-electron chi connectivity index (χ4n) is 4.97. The lowest BCUT2D eigenvalue weighted by molar-refractivity contribution is 1.22. The lowest BCUT2D eigenvalue weighted by Crippen LogP contribution is -2.18. The minimum atomic E-state index is 1.04. The predicted molar refractivity (Wildman–Crippen MR) is 177 cm³/mol. The van der Waals surface area contributed by atoms with E-state index < -0.39 is 0 Å². The van der Waals surface area contributed by atoms with Crippen molar-refractivity contribution in [2.45, 2.75) is 0 Å². The number of anilines is 6. The molecule has 0 unspecified atom stereocenters. The van der Waals surface area contributed by atoms with E-state index in [4.69, 9.17) is 0 Å². The van der Waals surface area contributed by atoms with Gasteiger partial charge in [0, 0.05) is 37.3 Å². The SMILES string of the molecule is Brc1ccc(N(c2ccccc2)c2cccc(-c3ccccc3)c2N(c2ccccc2)c2ccc(Br)cc2)cc1. The normalized spacial score (nSPS) is 10.8. The second-order valence-corrected chi connectivity index (χ2v) is 11.2. The smallest absolute Gasteiger partial charge is 0.0781 e. The van der Waals surface area contributed by atoms with Gasteiger partial charge in [0.25, 0.3) is 0 Å². The highest BCUT2D eigenvalue weighted by Gasteiger charge is 2.25. The highest BCUT2D eigenvalue weighted by molar-refractivity contribution is 9.10. The summed E-state index contributed by atoms with van der Waals surface area (Å²) in [6, 6.07) is 55.4. The van der Waals surface area contributed by atoms with Crippen LogP contribution in [0.3, 0.4) is 0 Å². The van der Waals surface area contributed by atoms with Crippen LogP contribution in [-0.4, -0.2) is 0 Å². The Labute approximate surface area is 252 Å². The number of nitrogens with zero attached hydrogens (tertiary/aromatic N) is 2. The molecule has 0 bridgehead atoms. The van der Waals surface area contributed by atoms with Crippen LogP contribution < -0.4 is 9.80 Å². The Morgan fingerprint density at radius 3 is 1.30 bits per heavy atom. The van der Waals surface area contributed by atoms with Gasteiger partial charge in [-0.05, 0) is 84.4 Å². The maximum absolute atomic E-state index is 3.63. The Kier molecular flexibility index (Phi) is 7.80. The Balaban J connectivity index is 1.70. The fourth-order valence-corrected chi connectivity index (χ4v) is 5.50. The average Bonchev–Trinajstić information content (AvgIpc) is 3.01. The molecule has 0 aliphatic carbocycles. The van der Waals surface area contributed by atoms with Gasteiger partial charge in [0.1, 0.15) is 0 Å². The summed E-state index contributed by atoms with van der Waals surface area (Å²) < 4.78 is 2.09. The average molecular weight is 646 g/mol. The van der Waals surface area contributed by atoms with E-state index in [9.17, 15) is 0 Å². The molecule has 0 fully saturated rings. The first-order valence-corrected chi connectivity index (χ1v) is 14.7. The molecule has 0 radical (unpaired) electrons. The third-order valence-corrected chi connectivity index (χ3v) is 7.82. The van der Waals surface area contributed by atoms with Crippen molar-refractivity contribution in [2.75, 3.05) is 9.80 Å². The van der Waals surface area contributed by atoms with Crippen LogP contribution in [0.25, 0.3) is 11.1 Å². The van der Waals surface area contributed by atoms with Crippen molar-refractivity contribution in [2.24, 2.45) is 0 Å². The summed E-state index contributed by atoms with van der Waals surface area (Å²) in [5, 5.41) is 0. The third kappa shape index (κ3) is 5.46. The van der Waals surface area contributed by atoms with E-state index in [-0.39, 0.29) is 0 Å². The van der Waals surface area contributed by atoms with E-state index in [1.807, 2.05) is 0 Å². The number of hydrogen-bond acceptors (Lipinski definition) is 2. The molecule has 0 heterocycles.